The molecule has 3 aromatic rings. The number of aromatic nitrogens is 3. The van der Waals surface area contributed by atoms with Gasteiger partial charge in [0.15, 0.2) is 5.69 Å². The number of nitrogens with two attached hydrogens (primary N) is 1. The highest BCUT2D eigenvalue weighted by Crippen LogP contribution is 2.34. The number of thiazole rings is 1. The Morgan fingerprint density at radius 2 is 2.03 bits per heavy atom. The van der Waals surface area contributed by atoms with Crippen molar-refractivity contribution in [1.82, 2.24) is 19.9 Å². The third-order valence-corrected chi connectivity index (χ3v) is 6.16. The van der Waals surface area contributed by atoms with Gasteiger partial charge in [0, 0.05) is 0 Å². The van der Waals surface area contributed by atoms with Crippen LogP contribution in [0.3, 0.4) is 0 Å². The zero-order chi connectivity index (χ0) is 22.7. The highest BCUT2D eigenvalue weighted by molar-refractivity contribution is 7.19. The number of piperidine rings is 1. The lowest BCUT2D eigenvalue weighted by atomic mass is 9.98. The Kier molecular flexibility index (Phi) is 6.56. The van der Waals surface area contributed by atoms with Crippen LogP contribution in [0.5, 0.6) is 5.88 Å². The van der Waals surface area contributed by atoms with Crippen molar-refractivity contribution in [2.45, 2.75) is 12.8 Å². The lowest BCUT2D eigenvalue weighted by Crippen LogP contribution is -2.32. The molecule has 0 radical (unpaired) electrons. The zero-order valence-corrected chi connectivity index (χ0v) is 18.2. The summed E-state index contributed by atoms with van der Waals surface area (Å²) in [4.78, 5) is 27.2. The minimum atomic E-state index is -0.785. The SMILES string of the molecule is CN1CCC(COc2ncncc2NC(=O)c2nc(-c3c(F)cccc3F)sc2N)CC1. The molecule has 1 amide bonds. The van der Waals surface area contributed by atoms with Crippen molar-refractivity contribution in [3.63, 3.8) is 0 Å². The second-order valence-corrected chi connectivity index (χ2v) is 8.61. The number of nitrogen functional groups attached to an aromatic ring is 1. The Morgan fingerprint density at radius 3 is 2.75 bits per heavy atom. The summed E-state index contributed by atoms with van der Waals surface area (Å²) >= 11 is 0.827. The van der Waals surface area contributed by atoms with Gasteiger partial charge in [0.05, 0.1) is 18.4 Å². The fourth-order valence-corrected chi connectivity index (χ4v) is 4.31. The van der Waals surface area contributed by atoms with Crippen LogP contribution >= 0.6 is 11.3 Å². The number of rotatable bonds is 6. The summed E-state index contributed by atoms with van der Waals surface area (Å²) in [6.45, 7) is 2.49. The van der Waals surface area contributed by atoms with Crippen molar-refractivity contribution in [1.29, 1.82) is 0 Å². The van der Waals surface area contributed by atoms with Gasteiger partial charge in [-0.2, -0.15) is 4.98 Å². The molecular weight excluding hydrogens is 438 g/mol. The predicted octanol–water partition coefficient (Wildman–Crippen LogP) is 3.43. The number of carbonyl (C=O) groups excluding carboxylic acids is 1. The summed E-state index contributed by atoms with van der Waals surface area (Å²) in [7, 11) is 2.09. The van der Waals surface area contributed by atoms with E-state index in [4.69, 9.17) is 10.5 Å². The smallest absolute Gasteiger partial charge is 0.277 e. The van der Waals surface area contributed by atoms with Crippen LogP contribution in [-0.4, -0.2) is 52.5 Å². The molecule has 1 aliphatic heterocycles. The molecule has 0 saturated carbocycles. The van der Waals surface area contributed by atoms with E-state index >= 15 is 0 Å². The lowest BCUT2D eigenvalue weighted by molar-refractivity contribution is 0.102. The highest BCUT2D eigenvalue weighted by atomic mass is 32.1. The lowest BCUT2D eigenvalue weighted by Gasteiger charge is -2.28. The number of carbonyl (C=O) groups is 1. The van der Waals surface area contributed by atoms with Crippen molar-refractivity contribution in [3.8, 4) is 16.5 Å². The molecule has 0 bridgehead atoms. The first-order valence-electron chi connectivity index (χ1n) is 10.1. The van der Waals surface area contributed by atoms with Crippen molar-refractivity contribution in [3.05, 3.63) is 48.1 Å². The molecule has 1 fully saturated rings. The maximum atomic E-state index is 14.1. The van der Waals surface area contributed by atoms with Crippen molar-refractivity contribution in [2.75, 3.05) is 37.8 Å². The molecule has 8 nitrogen and oxygen atoms in total. The number of likely N-dealkylation sites (tertiary alicyclic amines) is 1. The Balaban J connectivity index is 1.48. The maximum absolute atomic E-state index is 14.1. The van der Waals surface area contributed by atoms with Gasteiger partial charge in [-0.25, -0.2) is 18.7 Å². The minimum Gasteiger partial charge on any atom is -0.476 e. The van der Waals surface area contributed by atoms with Crippen LogP contribution in [0, 0.1) is 17.6 Å². The van der Waals surface area contributed by atoms with E-state index in [1.165, 1.54) is 18.6 Å². The summed E-state index contributed by atoms with van der Waals surface area (Å²) in [5.74, 6) is -1.59. The molecule has 3 heterocycles. The number of ether oxygens (including phenoxy) is 1. The molecule has 168 valence electrons. The van der Waals surface area contributed by atoms with E-state index in [0.717, 1.165) is 49.4 Å². The van der Waals surface area contributed by atoms with E-state index in [2.05, 4.69) is 32.2 Å². The van der Waals surface area contributed by atoms with Crippen LogP contribution in [0.15, 0.2) is 30.7 Å². The molecule has 0 spiro atoms. The van der Waals surface area contributed by atoms with Crippen LogP contribution in [0.4, 0.5) is 19.5 Å². The Bertz CT molecular complexity index is 1100. The van der Waals surface area contributed by atoms with Crippen LogP contribution in [0.2, 0.25) is 0 Å². The number of hydrogen-bond donors (Lipinski definition) is 2. The van der Waals surface area contributed by atoms with Crippen LogP contribution in [0.1, 0.15) is 23.3 Å². The third kappa shape index (κ3) is 4.83. The van der Waals surface area contributed by atoms with Crippen molar-refractivity contribution >= 4 is 27.9 Å². The van der Waals surface area contributed by atoms with E-state index in [-0.39, 0.29) is 32.8 Å². The Morgan fingerprint density at radius 1 is 1.31 bits per heavy atom. The standard InChI is InChI=1S/C21H22F2N6O2S/c1-29-7-5-12(6-8-29)10-31-20-15(9-25-11-26-20)27-19(30)17-18(24)32-21(28-17)16-13(22)3-2-4-14(16)23/h2-4,9,11-12H,5-8,10,24H2,1H3,(H,27,30). The van der Waals surface area contributed by atoms with E-state index in [9.17, 15) is 13.6 Å². The summed E-state index contributed by atoms with van der Waals surface area (Å²) < 4.78 is 34.0. The second-order valence-electron chi connectivity index (χ2n) is 7.58. The van der Waals surface area contributed by atoms with Gasteiger partial charge in [0.2, 0.25) is 5.88 Å². The van der Waals surface area contributed by atoms with Gasteiger partial charge in [-0.1, -0.05) is 17.4 Å². The molecule has 3 N–H and O–H groups in total. The molecule has 11 heteroatoms. The van der Waals surface area contributed by atoms with E-state index in [1.807, 2.05) is 0 Å². The molecule has 4 rings (SSSR count). The highest BCUT2D eigenvalue weighted by Gasteiger charge is 2.23. The van der Waals surface area contributed by atoms with Gasteiger partial charge < -0.3 is 20.7 Å². The fraction of sp³-hybridized carbons (Fsp3) is 0.333. The van der Waals surface area contributed by atoms with Crippen LogP contribution in [0.25, 0.3) is 10.6 Å². The van der Waals surface area contributed by atoms with Crippen LogP contribution in [-0.2, 0) is 0 Å². The van der Waals surface area contributed by atoms with E-state index < -0.39 is 17.5 Å². The van der Waals surface area contributed by atoms with Gasteiger partial charge in [-0.15, -0.1) is 0 Å². The summed E-state index contributed by atoms with van der Waals surface area (Å²) in [6.07, 6.45) is 4.78. The zero-order valence-electron chi connectivity index (χ0n) is 17.3. The second kappa shape index (κ2) is 9.53. The molecule has 32 heavy (non-hydrogen) atoms. The van der Waals surface area contributed by atoms with Gasteiger partial charge in [0.1, 0.15) is 33.7 Å². The first-order chi connectivity index (χ1) is 15.4. The largest absolute Gasteiger partial charge is 0.476 e. The molecule has 2 aromatic heterocycles. The summed E-state index contributed by atoms with van der Waals surface area (Å²) in [5.41, 5.74) is 5.72. The Hall–Kier alpha value is -3.18. The average Bonchev–Trinajstić information content (AvgIpc) is 3.15. The monoisotopic (exact) mass is 460 g/mol. The first kappa shape index (κ1) is 22.0. The molecule has 0 unspecified atom stereocenters. The first-order valence-corrected chi connectivity index (χ1v) is 10.9. The predicted molar refractivity (Wildman–Crippen MR) is 118 cm³/mol. The molecule has 0 aliphatic carbocycles. The topological polar surface area (TPSA) is 106 Å². The summed E-state index contributed by atoms with van der Waals surface area (Å²) in [5, 5.41) is 2.65. The van der Waals surface area contributed by atoms with Gasteiger partial charge in [-0.05, 0) is 51.0 Å². The molecule has 0 atom stereocenters. The van der Waals surface area contributed by atoms with Gasteiger partial charge in [0.25, 0.3) is 5.91 Å². The number of nitrogens with one attached hydrogen (secondary N) is 1. The molecule has 1 aliphatic rings. The van der Waals surface area contributed by atoms with Gasteiger partial charge >= 0.3 is 0 Å². The molecular formula is C21H22F2N6O2S. The van der Waals surface area contributed by atoms with E-state index in [1.54, 1.807) is 0 Å². The fourth-order valence-electron chi connectivity index (χ4n) is 3.43. The quantitative estimate of drug-likeness (QED) is 0.580. The van der Waals surface area contributed by atoms with Crippen LogP contribution < -0.4 is 15.8 Å². The number of benzene rings is 1. The number of halogens is 2. The number of anilines is 2. The Labute approximate surface area is 187 Å². The maximum Gasteiger partial charge on any atom is 0.277 e. The minimum absolute atomic E-state index is 0.0219. The summed E-state index contributed by atoms with van der Waals surface area (Å²) in [6, 6.07) is 3.48. The number of amides is 1. The average molecular weight is 461 g/mol. The van der Waals surface area contributed by atoms with Crippen molar-refractivity contribution in [2.24, 2.45) is 5.92 Å². The van der Waals surface area contributed by atoms with E-state index in [0.29, 0.717) is 12.5 Å². The molecule has 1 saturated heterocycles. The van der Waals surface area contributed by atoms with Crippen molar-refractivity contribution < 1.29 is 18.3 Å². The third-order valence-electron chi connectivity index (χ3n) is 5.26. The van der Waals surface area contributed by atoms with Gasteiger partial charge in [-0.3, -0.25) is 4.79 Å². The number of hydrogen-bond acceptors (Lipinski definition) is 8. The normalized spacial score (nSPS) is 15.0. The number of nitrogens with zero attached hydrogens (tertiary/aromatic N) is 4. The molecule has 1 aromatic carbocycles.